The zero-order valence-electron chi connectivity index (χ0n) is 15.2. The number of fused-ring (bicyclic) bond motifs is 2. The maximum atomic E-state index is 12.3. The van der Waals surface area contributed by atoms with E-state index in [1.807, 2.05) is 24.3 Å². The van der Waals surface area contributed by atoms with Crippen LogP contribution in [0.25, 0.3) is 0 Å². The number of carbonyl (C=O) groups excluding carboxylic acids is 1. The zero-order valence-corrected chi connectivity index (χ0v) is 15.2. The average molecular weight is 378 g/mol. The van der Waals surface area contributed by atoms with Gasteiger partial charge in [0.15, 0.2) is 11.5 Å². The van der Waals surface area contributed by atoms with Crippen LogP contribution in [0.4, 0.5) is 5.69 Å². The molecule has 5 rings (SSSR count). The highest BCUT2D eigenvalue weighted by Gasteiger charge is 2.30. The van der Waals surface area contributed by atoms with Crippen molar-refractivity contribution in [3.63, 3.8) is 0 Å². The molecular formula is C20H18N4O4. The summed E-state index contributed by atoms with van der Waals surface area (Å²) < 4.78 is 18.2. The minimum absolute atomic E-state index is 0.0231. The van der Waals surface area contributed by atoms with E-state index in [-0.39, 0.29) is 18.6 Å². The van der Waals surface area contributed by atoms with E-state index in [9.17, 15) is 4.79 Å². The number of anilines is 1. The monoisotopic (exact) mass is 378 g/mol. The molecule has 1 atom stereocenters. The van der Waals surface area contributed by atoms with Gasteiger partial charge in [0.05, 0.1) is 13.7 Å². The Morgan fingerprint density at radius 2 is 2.11 bits per heavy atom. The first kappa shape index (κ1) is 16.6. The number of aromatic nitrogens is 3. The molecule has 8 heteroatoms. The third kappa shape index (κ3) is 2.83. The van der Waals surface area contributed by atoms with Gasteiger partial charge in [-0.15, -0.1) is 0 Å². The van der Waals surface area contributed by atoms with Crippen LogP contribution in [0.1, 0.15) is 29.0 Å². The number of amides is 1. The summed E-state index contributed by atoms with van der Waals surface area (Å²) in [5.41, 5.74) is 3.78. The first-order chi connectivity index (χ1) is 13.7. The molecule has 0 saturated carbocycles. The second kappa shape index (κ2) is 6.56. The Hall–Kier alpha value is -3.55. The van der Waals surface area contributed by atoms with Crippen LogP contribution in [0.3, 0.4) is 0 Å². The molecule has 2 aliphatic rings. The minimum atomic E-state index is -0.0846. The molecule has 0 bridgehead atoms. The van der Waals surface area contributed by atoms with Crippen molar-refractivity contribution in [3.05, 3.63) is 59.7 Å². The Labute approximate surface area is 161 Å². The van der Waals surface area contributed by atoms with E-state index < -0.39 is 0 Å². The summed E-state index contributed by atoms with van der Waals surface area (Å²) in [7, 11) is 1.64. The number of nitrogens with zero attached hydrogens (tertiary/aromatic N) is 3. The zero-order chi connectivity index (χ0) is 19.1. The van der Waals surface area contributed by atoms with Crippen molar-refractivity contribution in [2.45, 2.75) is 18.9 Å². The van der Waals surface area contributed by atoms with Gasteiger partial charge in [-0.05, 0) is 29.3 Å². The van der Waals surface area contributed by atoms with Crippen molar-refractivity contribution in [2.75, 3.05) is 19.2 Å². The summed E-state index contributed by atoms with van der Waals surface area (Å²) in [6.07, 6.45) is 3.53. The minimum Gasteiger partial charge on any atom is -0.496 e. The molecule has 0 spiro atoms. The SMILES string of the molecule is COc1ccc(C2CC(=O)Nc3cc4c(cc32)OCO4)cc1Cn1cncn1. The van der Waals surface area contributed by atoms with Gasteiger partial charge in [0.1, 0.15) is 18.4 Å². The van der Waals surface area contributed by atoms with Crippen LogP contribution in [-0.4, -0.2) is 34.6 Å². The molecule has 3 heterocycles. The molecule has 0 radical (unpaired) electrons. The molecule has 8 nitrogen and oxygen atoms in total. The largest absolute Gasteiger partial charge is 0.496 e. The van der Waals surface area contributed by atoms with Crippen molar-refractivity contribution >= 4 is 11.6 Å². The Morgan fingerprint density at radius 3 is 2.89 bits per heavy atom. The predicted molar refractivity (Wildman–Crippen MR) is 99.8 cm³/mol. The maximum absolute atomic E-state index is 12.3. The molecule has 2 aromatic carbocycles. The number of benzene rings is 2. The second-order valence-electron chi connectivity index (χ2n) is 6.76. The van der Waals surface area contributed by atoms with Crippen LogP contribution in [-0.2, 0) is 11.3 Å². The first-order valence-electron chi connectivity index (χ1n) is 8.94. The fourth-order valence-electron chi connectivity index (χ4n) is 3.78. The molecule has 0 saturated heterocycles. The Kier molecular flexibility index (Phi) is 3.89. The summed E-state index contributed by atoms with van der Waals surface area (Å²) in [4.78, 5) is 16.3. The summed E-state index contributed by atoms with van der Waals surface area (Å²) in [5, 5.41) is 7.11. The molecule has 28 heavy (non-hydrogen) atoms. The highest BCUT2D eigenvalue weighted by Crippen LogP contribution is 2.45. The van der Waals surface area contributed by atoms with Gasteiger partial charge in [-0.1, -0.05) is 6.07 Å². The van der Waals surface area contributed by atoms with Crippen LogP contribution in [0.2, 0.25) is 0 Å². The van der Waals surface area contributed by atoms with E-state index in [1.54, 1.807) is 18.1 Å². The third-order valence-corrected chi connectivity index (χ3v) is 5.09. The fraction of sp³-hybridized carbons (Fsp3) is 0.250. The number of rotatable bonds is 4. The van der Waals surface area contributed by atoms with Gasteiger partial charge in [0.25, 0.3) is 0 Å². The number of nitrogens with one attached hydrogen (secondary N) is 1. The summed E-state index contributed by atoms with van der Waals surface area (Å²) >= 11 is 0. The fourth-order valence-corrected chi connectivity index (χ4v) is 3.78. The molecule has 1 N–H and O–H groups in total. The quantitative estimate of drug-likeness (QED) is 0.751. The van der Waals surface area contributed by atoms with Crippen molar-refractivity contribution in [3.8, 4) is 17.2 Å². The Morgan fingerprint density at radius 1 is 1.25 bits per heavy atom. The van der Waals surface area contributed by atoms with Gasteiger partial charge in [0, 0.05) is 29.7 Å². The van der Waals surface area contributed by atoms with Gasteiger partial charge in [-0.25, -0.2) is 9.67 Å². The summed E-state index contributed by atoms with van der Waals surface area (Å²) in [5.74, 6) is 2.02. The number of carbonyl (C=O) groups is 1. The van der Waals surface area contributed by atoms with Gasteiger partial charge in [-0.3, -0.25) is 4.79 Å². The Bertz CT molecular complexity index is 1050. The van der Waals surface area contributed by atoms with E-state index in [0.717, 1.165) is 28.1 Å². The number of methoxy groups -OCH3 is 1. The first-order valence-corrected chi connectivity index (χ1v) is 8.94. The van der Waals surface area contributed by atoms with E-state index in [0.29, 0.717) is 24.5 Å². The normalized spacial score (nSPS) is 17.2. The second-order valence-corrected chi connectivity index (χ2v) is 6.76. The number of ether oxygens (including phenoxy) is 3. The molecule has 2 aliphatic heterocycles. The van der Waals surface area contributed by atoms with Crippen molar-refractivity contribution in [2.24, 2.45) is 0 Å². The van der Waals surface area contributed by atoms with Gasteiger partial charge in [-0.2, -0.15) is 5.10 Å². The highest BCUT2D eigenvalue weighted by atomic mass is 16.7. The van der Waals surface area contributed by atoms with E-state index in [4.69, 9.17) is 14.2 Å². The van der Waals surface area contributed by atoms with E-state index in [1.165, 1.54) is 6.33 Å². The molecular weight excluding hydrogens is 360 g/mol. The lowest BCUT2D eigenvalue weighted by molar-refractivity contribution is -0.116. The van der Waals surface area contributed by atoms with Crippen LogP contribution in [0.15, 0.2) is 43.0 Å². The van der Waals surface area contributed by atoms with Crippen molar-refractivity contribution in [1.29, 1.82) is 0 Å². The molecule has 142 valence electrons. The Balaban J connectivity index is 1.57. The topological polar surface area (TPSA) is 87.5 Å². The predicted octanol–water partition coefficient (Wildman–Crippen LogP) is 2.54. The van der Waals surface area contributed by atoms with Crippen LogP contribution < -0.4 is 19.5 Å². The van der Waals surface area contributed by atoms with Crippen LogP contribution in [0, 0.1) is 0 Å². The van der Waals surface area contributed by atoms with Crippen molar-refractivity contribution < 1.29 is 19.0 Å². The molecule has 1 amide bonds. The maximum Gasteiger partial charge on any atom is 0.231 e. The standard InChI is InChI=1S/C20H18N4O4/c1-26-17-3-2-12(4-13(17)8-24-10-21-9-22-24)14-6-20(25)23-16-7-19-18(5-15(14)16)27-11-28-19/h2-5,7,9-10,14H,6,8,11H2,1H3,(H,23,25). The lowest BCUT2D eigenvalue weighted by atomic mass is 9.84. The van der Waals surface area contributed by atoms with E-state index in [2.05, 4.69) is 21.5 Å². The van der Waals surface area contributed by atoms with Crippen molar-refractivity contribution in [1.82, 2.24) is 14.8 Å². The van der Waals surface area contributed by atoms with Gasteiger partial charge >= 0.3 is 0 Å². The summed E-state index contributed by atoms with van der Waals surface area (Å²) in [6.45, 7) is 0.728. The van der Waals surface area contributed by atoms with E-state index >= 15 is 0 Å². The lowest BCUT2D eigenvalue weighted by Gasteiger charge is -2.27. The lowest BCUT2D eigenvalue weighted by Crippen LogP contribution is -2.23. The van der Waals surface area contributed by atoms with Crippen LogP contribution in [0.5, 0.6) is 17.2 Å². The molecule has 0 fully saturated rings. The molecule has 1 aromatic heterocycles. The number of hydrogen-bond donors (Lipinski definition) is 1. The third-order valence-electron chi connectivity index (χ3n) is 5.09. The molecule has 0 aliphatic carbocycles. The van der Waals surface area contributed by atoms with Gasteiger partial charge < -0.3 is 19.5 Å². The van der Waals surface area contributed by atoms with Crippen LogP contribution >= 0.6 is 0 Å². The molecule has 1 unspecified atom stereocenters. The number of hydrogen-bond acceptors (Lipinski definition) is 6. The van der Waals surface area contributed by atoms with Gasteiger partial charge in [0.2, 0.25) is 12.7 Å². The smallest absolute Gasteiger partial charge is 0.231 e. The highest BCUT2D eigenvalue weighted by molar-refractivity contribution is 5.96. The molecule has 3 aromatic rings. The summed E-state index contributed by atoms with van der Waals surface area (Å²) in [6, 6.07) is 9.80. The average Bonchev–Trinajstić information content (AvgIpc) is 3.37.